The summed E-state index contributed by atoms with van der Waals surface area (Å²) in [4.78, 5) is 25.3. The Balaban J connectivity index is 2.27. The zero-order valence-corrected chi connectivity index (χ0v) is 11.4. The van der Waals surface area contributed by atoms with Crippen LogP contribution in [0.1, 0.15) is 19.8 Å². The lowest BCUT2D eigenvalue weighted by molar-refractivity contribution is -0.139. The van der Waals surface area contributed by atoms with Crippen molar-refractivity contribution in [3.05, 3.63) is 0 Å². The number of nitrogens with zero attached hydrogens (tertiary/aromatic N) is 1. The second kappa shape index (κ2) is 7.27. The maximum absolute atomic E-state index is 11.5. The molecule has 1 atom stereocenters. The molecule has 0 bridgehead atoms. The first kappa shape index (κ1) is 14.8. The molecule has 1 aliphatic heterocycles. The number of rotatable bonds is 5. The van der Waals surface area contributed by atoms with Crippen LogP contribution < -0.4 is 16.4 Å². The van der Waals surface area contributed by atoms with Crippen LogP contribution in [0.3, 0.4) is 0 Å². The first-order valence-electron chi connectivity index (χ1n) is 6.13. The molecule has 0 radical (unpaired) electrons. The summed E-state index contributed by atoms with van der Waals surface area (Å²) in [5.41, 5.74) is 5.23. The number of likely N-dealkylation sites (tertiary alicyclic amines) is 1. The van der Waals surface area contributed by atoms with Crippen LogP contribution in [-0.2, 0) is 9.59 Å². The molecule has 18 heavy (non-hydrogen) atoms. The maximum Gasteiger partial charge on any atom is 0.309 e. The molecule has 6 nitrogen and oxygen atoms in total. The van der Waals surface area contributed by atoms with E-state index in [2.05, 4.69) is 34.7 Å². The lowest BCUT2D eigenvalue weighted by Gasteiger charge is -2.22. The minimum absolute atomic E-state index is 0.0477. The highest BCUT2D eigenvalue weighted by molar-refractivity contribution is 7.80. The second-order valence-electron chi connectivity index (χ2n) is 4.28. The summed E-state index contributed by atoms with van der Waals surface area (Å²) in [5.74, 6) is -1.32. The number of likely N-dealkylation sites (N-methyl/N-ethyl adjacent to an activating group) is 1. The molecule has 1 heterocycles. The average Bonchev–Trinajstić information content (AvgIpc) is 2.80. The lowest BCUT2D eigenvalue weighted by Crippen LogP contribution is -2.46. The molecule has 7 heteroatoms. The third-order valence-electron chi connectivity index (χ3n) is 3.03. The van der Waals surface area contributed by atoms with Crippen molar-refractivity contribution in [3.8, 4) is 0 Å². The van der Waals surface area contributed by atoms with Crippen LogP contribution in [0.5, 0.6) is 0 Å². The average molecular weight is 272 g/mol. The summed E-state index contributed by atoms with van der Waals surface area (Å²) in [7, 11) is 0. The van der Waals surface area contributed by atoms with Crippen molar-refractivity contribution in [1.29, 1.82) is 0 Å². The zero-order valence-electron chi connectivity index (χ0n) is 10.6. The van der Waals surface area contributed by atoms with Crippen LogP contribution in [0.4, 0.5) is 0 Å². The van der Waals surface area contributed by atoms with E-state index in [0.717, 1.165) is 25.9 Å². The van der Waals surface area contributed by atoms with E-state index in [1.807, 2.05) is 0 Å². The van der Waals surface area contributed by atoms with Crippen molar-refractivity contribution in [3.63, 3.8) is 0 Å². The van der Waals surface area contributed by atoms with Gasteiger partial charge in [0.05, 0.1) is 11.5 Å². The van der Waals surface area contributed by atoms with Crippen molar-refractivity contribution < 1.29 is 9.59 Å². The quantitative estimate of drug-likeness (QED) is 0.441. The van der Waals surface area contributed by atoms with Crippen molar-refractivity contribution in [1.82, 2.24) is 15.5 Å². The Kier molecular flexibility index (Phi) is 6.00. The van der Waals surface area contributed by atoms with Crippen molar-refractivity contribution in [2.45, 2.75) is 25.8 Å². The monoisotopic (exact) mass is 272 g/mol. The number of thiocarbonyl (C=S) groups is 1. The van der Waals surface area contributed by atoms with Crippen molar-refractivity contribution in [2.24, 2.45) is 5.73 Å². The maximum atomic E-state index is 11.5. The molecule has 1 fully saturated rings. The molecule has 102 valence electrons. The number of carbonyl (C=O) groups is 2. The van der Waals surface area contributed by atoms with Gasteiger partial charge in [0.1, 0.15) is 0 Å². The molecule has 0 aromatic rings. The molecular formula is C11H20N4O2S. The largest absolute Gasteiger partial charge is 0.392 e. The fourth-order valence-electron chi connectivity index (χ4n) is 2.08. The van der Waals surface area contributed by atoms with Crippen molar-refractivity contribution >= 4 is 29.0 Å². The number of hydrogen-bond donors (Lipinski definition) is 3. The van der Waals surface area contributed by atoms with Gasteiger partial charge in [0.15, 0.2) is 0 Å². The van der Waals surface area contributed by atoms with E-state index in [-0.39, 0.29) is 11.5 Å². The molecule has 1 saturated heterocycles. The van der Waals surface area contributed by atoms with Gasteiger partial charge >= 0.3 is 11.8 Å². The summed E-state index contributed by atoms with van der Waals surface area (Å²) >= 11 is 4.61. The molecule has 4 N–H and O–H groups in total. The van der Waals surface area contributed by atoms with E-state index >= 15 is 0 Å². The van der Waals surface area contributed by atoms with Gasteiger partial charge in [-0.25, -0.2) is 0 Å². The molecular weight excluding hydrogens is 252 g/mol. The number of nitrogens with one attached hydrogen (secondary N) is 2. The summed E-state index contributed by atoms with van der Waals surface area (Å²) in [6, 6.07) is 0.335. The standard InChI is InChI=1S/C11H20N4O2S/c1-2-15-5-3-4-8(15)6-13-10(16)11(17)14-7-9(12)18/h8H,2-7H2,1H3,(H2,12,18)(H,13,16)(H,14,17). The second-order valence-corrected chi connectivity index (χ2v) is 4.81. The SMILES string of the molecule is CCN1CCCC1CNC(=O)C(=O)NCC(N)=S. The molecule has 1 aliphatic rings. The fourth-order valence-corrected chi connectivity index (χ4v) is 2.15. The first-order valence-corrected chi connectivity index (χ1v) is 6.53. The molecule has 0 spiro atoms. The van der Waals surface area contributed by atoms with E-state index < -0.39 is 11.8 Å². The van der Waals surface area contributed by atoms with Gasteiger partial charge in [-0.2, -0.15) is 0 Å². The zero-order chi connectivity index (χ0) is 13.5. The minimum Gasteiger partial charge on any atom is -0.392 e. The van der Waals surface area contributed by atoms with Crippen LogP contribution in [0.15, 0.2) is 0 Å². The Morgan fingerprint density at radius 1 is 1.39 bits per heavy atom. The third-order valence-corrected chi connectivity index (χ3v) is 3.18. The van der Waals surface area contributed by atoms with Gasteiger partial charge in [-0.1, -0.05) is 19.1 Å². The Labute approximate surface area is 112 Å². The number of carbonyl (C=O) groups excluding carboxylic acids is 2. The highest BCUT2D eigenvalue weighted by Crippen LogP contribution is 2.15. The predicted octanol–water partition coefficient (Wildman–Crippen LogP) is -1.01. The van der Waals surface area contributed by atoms with Gasteiger partial charge in [0.25, 0.3) is 0 Å². The Morgan fingerprint density at radius 3 is 2.67 bits per heavy atom. The van der Waals surface area contributed by atoms with Crippen LogP contribution in [-0.4, -0.2) is 53.9 Å². The molecule has 0 aromatic carbocycles. The first-order chi connectivity index (χ1) is 8.54. The van der Waals surface area contributed by atoms with Crippen LogP contribution in [0.2, 0.25) is 0 Å². The van der Waals surface area contributed by atoms with Gasteiger partial charge in [0, 0.05) is 12.6 Å². The number of amides is 2. The summed E-state index contributed by atoms with van der Waals surface area (Å²) < 4.78 is 0. The Hall–Kier alpha value is -1.21. The van der Waals surface area contributed by atoms with Gasteiger partial charge in [0.2, 0.25) is 0 Å². The predicted molar refractivity (Wildman–Crippen MR) is 73.1 cm³/mol. The van der Waals surface area contributed by atoms with Crippen LogP contribution in [0.25, 0.3) is 0 Å². The third kappa shape index (κ3) is 4.58. The summed E-state index contributed by atoms with van der Waals surface area (Å²) in [6.45, 7) is 4.67. The minimum atomic E-state index is -0.691. The van der Waals surface area contributed by atoms with Gasteiger partial charge in [-0.3, -0.25) is 14.5 Å². The molecule has 2 amide bonds. The van der Waals surface area contributed by atoms with Gasteiger partial charge < -0.3 is 16.4 Å². The van der Waals surface area contributed by atoms with E-state index in [1.165, 1.54) is 0 Å². The summed E-state index contributed by atoms with van der Waals surface area (Å²) in [5, 5.41) is 4.99. The van der Waals surface area contributed by atoms with Gasteiger partial charge in [-0.15, -0.1) is 0 Å². The van der Waals surface area contributed by atoms with Crippen LogP contribution >= 0.6 is 12.2 Å². The molecule has 1 unspecified atom stereocenters. The van der Waals surface area contributed by atoms with Crippen molar-refractivity contribution in [2.75, 3.05) is 26.2 Å². The van der Waals surface area contributed by atoms with E-state index in [1.54, 1.807) is 0 Å². The highest BCUT2D eigenvalue weighted by Gasteiger charge is 2.24. The smallest absolute Gasteiger partial charge is 0.309 e. The molecule has 1 rings (SSSR count). The normalized spacial score (nSPS) is 19.5. The Morgan fingerprint density at radius 2 is 2.06 bits per heavy atom. The summed E-state index contributed by atoms with van der Waals surface area (Å²) in [6.07, 6.45) is 2.20. The van der Waals surface area contributed by atoms with Gasteiger partial charge in [-0.05, 0) is 25.9 Å². The van der Waals surface area contributed by atoms with E-state index in [4.69, 9.17) is 5.73 Å². The fraction of sp³-hybridized carbons (Fsp3) is 0.727. The number of hydrogen-bond acceptors (Lipinski definition) is 4. The lowest BCUT2D eigenvalue weighted by atomic mass is 10.2. The number of nitrogens with two attached hydrogens (primary N) is 1. The van der Waals surface area contributed by atoms with Crippen LogP contribution in [0, 0.1) is 0 Å². The molecule has 0 aliphatic carbocycles. The molecule has 0 saturated carbocycles. The highest BCUT2D eigenvalue weighted by atomic mass is 32.1. The van der Waals surface area contributed by atoms with E-state index in [9.17, 15) is 9.59 Å². The molecule has 0 aromatic heterocycles. The Bertz CT molecular complexity index is 335. The van der Waals surface area contributed by atoms with E-state index in [0.29, 0.717) is 12.6 Å². The topological polar surface area (TPSA) is 87.5 Å².